The average molecular weight is 477 g/mol. The van der Waals surface area contributed by atoms with Gasteiger partial charge in [0.2, 0.25) is 5.91 Å². The molecule has 162 valence electrons. The minimum absolute atomic E-state index is 0.180. The Morgan fingerprint density at radius 2 is 1.68 bits per heavy atom. The lowest BCUT2D eigenvalue weighted by atomic mass is 10.2. The fraction of sp³-hybridized carbons (Fsp3) is 0.143. The number of hydrogen-bond donors (Lipinski definition) is 2. The second kappa shape index (κ2) is 10.5. The van der Waals surface area contributed by atoms with E-state index in [1.54, 1.807) is 73.0 Å². The van der Waals surface area contributed by atoms with Crippen LogP contribution in [-0.2, 0) is 19.6 Å². The lowest BCUT2D eigenvalue weighted by Crippen LogP contribution is -2.14. The van der Waals surface area contributed by atoms with Crippen molar-refractivity contribution in [3.8, 4) is 0 Å². The number of ether oxygens (including phenoxy) is 1. The SMILES string of the molecule is CCOC(=O)c1ccc(NC(=O)CSc2ccc(NS(=O)(=O)c3cccs3)cc2)cc1. The van der Waals surface area contributed by atoms with Gasteiger partial charge in [0.15, 0.2) is 0 Å². The molecule has 0 spiro atoms. The molecule has 0 aliphatic carbocycles. The van der Waals surface area contributed by atoms with Crippen molar-refractivity contribution < 1.29 is 22.7 Å². The van der Waals surface area contributed by atoms with Crippen LogP contribution in [0.5, 0.6) is 0 Å². The summed E-state index contributed by atoms with van der Waals surface area (Å²) in [5.41, 5.74) is 1.45. The quantitative estimate of drug-likeness (QED) is 0.349. The highest BCUT2D eigenvalue weighted by molar-refractivity contribution is 8.00. The van der Waals surface area contributed by atoms with E-state index in [4.69, 9.17) is 4.74 Å². The lowest BCUT2D eigenvalue weighted by molar-refractivity contribution is -0.113. The molecule has 2 N–H and O–H groups in total. The Balaban J connectivity index is 1.50. The summed E-state index contributed by atoms with van der Waals surface area (Å²) in [6.45, 7) is 2.04. The van der Waals surface area contributed by atoms with Crippen LogP contribution in [0.25, 0.3) is 0 Å². The van der Waals surface area contributed by atoms with Gasteiger partial charge in [-0.05, 0) is 66.9 Å². The van der Waals surface area contributed by atoms with Crippen molar-refractivity contribution in [2.75, 3.05) is 22.4 Å². The third-order valence-corrected chi connectivity index (χ3v) is 7.71. The van der Waals surface area contributed by atoms with Crippen LogP contribution in [0, 0.1) is 0 Å². The minimum Gasteiger partial charge on any atom is -0.462 e. The zero-order valence-corrected chi connectivity index (χ0v) is 19.0. The zero-order chi connectivity index (χ0) is 22.3. The van der Waals surface area contributed by atoms with Crippen molar-refractivity contribution in [3.63, 3.8) is 0 Å². The van der Waals surface area contributed by atoms with E-state index in [0.29, 0.717) is 23.5 Å². The molecule has 0 bridgehead atoms. The molecule has 0 saturated carbocycles. The first-order chi connectivity index (χ1) is 14.9. The molecule has 0 saturated heterocycles. The summed E-state index contributed by atoms with van der Waals surface area (Å²) >= 11 is 2.47. The highest BCUT2D eigenvalue weighted by Crippen LogP contribution is 2.24. The van der Waals surface area contributed by atoms with Gasteiger partial charge in [-0.15, -0.1) is 23.1 Å². The van der Waals surface area contributed by atoms with Gasteiger partial charge in [0, 0.05) is 16.3 Å². The van der Waals surface area contributed by atoms with Crippen LogP contribution < -0.4 is 10.0 Å². The number of amides is 1. The normalized spacial score (nSPS) is 11.0. The number of anilines is 2. The largest absolute Gasteiger partial charge is 0.462 e. The number of benzene rings is 2. The number of esters is 1. The number of nitrogens with one attached hydrogen (secondary N) is 2. The van der Waals surface area contributed by atoms with Crippen LogP contribution in [0.1, 0.15) is 17.3 Å². The van der Waals surface area contributed by atoms with E-state index in [0.717, 1.165) is 16.2 Å². The number of carbonyl (C=O) groups excluding carboxylic acids is 2. The zero-order valence-electron chi connectivity index (χ0n) is 16.5. The Kier molecular flexibility index (Phi) is 7.72. The number of carbonyl (C=O) groups is 2. The van der Waals surface area contributed by atoms with Gasteiger partial charge >= 0.3 is 5.97 Å². The van der Waals surface area contributed by atoms with Crippen LogP contribution in [0.15, 0.2) is 75.1 Å². The lowest BCUT2D eigenvalue weighted by Gasteiger charge is -2.08. The Morgan fingerprint density at radius 3 is 2.29 bits per heavy atom. The van der Waals surface area contributed by atoms with Gasteiger partial charge in [0.05, 0.1) is 17.9 Å². The Hall–Kier alpha value is -2.82. The summed E-state index contributed by atoms with van der Waals surface area (Å²) < 4.78 is 32.2. The van der Waals surface area contributed by atoms with Gasteiger partial charge in [0.1, 0.15) is 4.21 Å². The second-order valence-electron chi connectivity index (χ2n) is 6.20. The first-order valence-electron chi connectivity index (χ1n) is 9.23. The van der Waals surface area contributed by atoms with E-state index in [1.165, 1.54) is 11.8 Å². The third-order valence-electron chi connectivity index (χ3n) is 3.92. The smallest absolute Gasteiger partial charge is 0.338 e. The number of thiophene rings is 1. The van der Waals surface area contributed by atoms with Crippen molar-refractivity contribution in [1.82, 2.24) is 0 Å². The molecule has 7 nitrogen and oxygen atoms in total. The fourth-order valence-electron chi connectivity index (χ4n) is 2.49. The molecule has 1 heterocycles. The third kappa shape index (κ3) is 6.58. The van der Waals surface area contributed by atoms with Gasteiger partial charge in [-0.1, -0.05) is 6.07 Å². The van der Waals surface area contributed by atoms with Crippen molar-refractivity contribution in [1.29, 1.82) is 0 Å². The van der Waals surface area contributed by atoms with E-state index in [-0.39, 0.29) is 15.9 Å². The van der Waals surface area contributed by atoms with Crippen LogP contribution in [0.3, 0.4) is 0 Å². The standard InChI is InChI=1S/C21H20N2O5S3/c1-2-28-21(25)15-5-7-16(8-6-15)22-19(24)14-30-18-11-9-17(10-12-18)23-31(26,27)20-4-3-13-29-20/h3-13,23H,2,14H2,1H3,(H,22,24). The number of thioether (sulfide) groups is 1. The molecule has 0 radical (unpaired) electrons. The summed E-state index contributed by atoms with van der Waals surface area (Å²) in [5, 5.41) is 4.47. The fourth-order valence-corrected chi connectivity index (χ4v) is 5.24. The number of rotatable bonds is 9. The van der Waals surface area contributed by atoms with Crippen LogP contribution in [0.4, 0.5) is 11.4 Å². The molecule has 3 aromatic rings. The monoisotopic (exact) mass is 476 g/mol. The molecule has 3 rings (SSSR count). The predicted octanol–water partition coefficient (Wildman–Crippen LogP) is 4.46. The summed E-state index contributed by atoms with van der Waals surface area (Å²) in [5.74, 6) is -0.423. The van der Waals surface area contributed by atoms with Gasteiger partial charge in [-0.2, -0.15) is 0 Å². The molecule has 0 aliphatic heterocycles. The Bertz CT molecular complexity index is 1130. The summed E-state index contributed by atoms with van der Waals surface area (Å²) in [7, 11) is -3.59. The van der Waals surface area contributed by atoms with E-state index >= 15 is 0 Å². The van der Waals surface area contributed by atoms with Crippen LogP contribution in [-0.4, -0.2) is 32.7 Å². The van der Waals surface area contributed by atoms with E-state index in [2.05, 4.69) is 10.0 Å². The summed E-state index contributed by atoms with van der Waals surface area (Å²) in [4.78, 5) is 24.7. The molecular formula is C21H20N2O5S3. The highest BCUT2D eigenvalue weighted by atomic mass is 32.2. The van der Waals surface area contributed by atoms with Crippen molar-refractivity contribution in [3.05, 3.63) is 71.6 Å². The van der Waals surface area contributed by atoms with E-state index < -0.39 is 16.0 Å². The van der Waals surface area contributed by atoms with Gasteiger partial charge < -0.3 is 10.1 Å². The maximum Gasteiger partial charge on any atom is 0.338 e. The molecule has 0 unspecified atom stereocenters. The molecule has 0 fully saturated rings. The Labute approximate surface area is 188 Å². The second-order valence-corrected chi connectivity index (χ2v) is 10.1. The molecule has 2 aromatic carbocycles. The molecule has 0 atom stereocenters. The topological polar surface area (TPSA) is 102 Å². The first-order valence-corrected chi connectivity index (χ1v) is 12.6. The maximum atomic E-state index is 12.2. The van der Waals surface area contributed by atoms with Crippen LogP contribution >= 0.6 is 23.1 Å². The number of hydrogen-bond acceptors (Lipinski definition) is 7. The van der Waals surface area contributed by atoms with Crippen LogP contribution in [0.2, 0.25) is 0 Å². The van der Waals surface area contributed by atoms with Gasteiger partial charge in [-0.25, -0.2) is 13.2 Å². The van der Waals surface area contributed by atoms with Crippen molar-refractivity contribution >= 4 is 56.4 Å². The number of sulfonamides is 1. The molecule has 1 aromatic heterocycles. The molecule has 0 aliphatic rings. The van der Waals surface area contributed by atoms with E-state index in [9.17, 15) is 18.0 Å². The first kappa shape index (κ1) is 22.9. The summed E-state index contributed by atoms with van der Waals surface area (Å²) in [6, 6.07) is 16.5. The maximum absolute atomic E-state index is 12.2. The highest BCUT2D eigenvalue weighted by Gasteiger charge is 2.15. The molecule has 31 heavy (non-hydrogen) atoms. The summed E-state index contributed by atoms with van der Waals surface area (Å²) in [6.07, 6.45) is 0. The van der Waals surface area contributed by atoms with Crippen molar-refractivity contribution in [2.24, 2.45) is 0 Å². The van der Waals surface area contributed by atoms with Gasteiger partial charge in [0.25, 0.3) is 10.0 Å². The average Bonchev–Trinajstić information content (AvgIpc) is 3.30. The van der Waals surface area contributed by atoms with Gasteiger partial charge in [-0.3, -0.25) is 9.52 Å². The molecule has 1 amide bonds. The Morgan fingerprint density at radius 1 is 1.00 bits per heavy atom. The molecular weight excluding hydrogens is 456 g/mol. The minimum atomic E-state index is -3.59. The van der Waals surface area contributed by atoms with E-state index in [1.807, 2.05) is 0 Å². The predicted molar refractivity (Wildman–Crippen MR) is 123 cm³/mol. The molecule has 10 heteroatoms. The van der Waals surface area contributed by atoms with Crippen molar-refractivity contribution in [2.45, 2.75) is 16.0 Å².